The maximum Gasteiger partial charge on any atom is 0.351 e. The van der Waals surface area contributed by atoms with E-state index in [-0.39, 0.29) is 24.7 Å². The number of thiophene rings is 1. The third-order valence-electron chi connectivity index (χ3n) is 5.54. The average molecular weight is 473 g/mol. The van der Waals surface area contributed by atoms with Gasteiger partial charge in [-0.25, -0.2) is 14.0 Å². The monoisotopic (exact) mass is 472 g/mol. The predicted octanol–water partition coefficient (Wildman–Crippen LogP) is 2.00. The molecule has 2 aromatic heterocycles. The van der Waals surface area contributed by atoms with Crippen LogP contribution in [-0.2, 0) is 16.8 Å². The van der Waals surface area contributed by atoms with Gasteiger partial charge in [-0.2, -0.15) is 27.4 Å². The Morgan fingerprint density at radius 1 is 1.25 bits per heavy atom. The molecule has 4 rings (SSSR count). The summed E-state index contributed by atoms with van der Waals surface area (Å²) in [6.45, 7) is 0.994. The fourth-order valence-electron chi connectivity index (χ4n) is 3.85. The van der Waals surface area contributed by atoms with Gasteiger partial charge >= 0.3 is 5.69 Å². The van der Waals surface area contributed by atoms with Gasteiger partial charge in [-0.15, -0.1) is 11.3 Å². The highest BCUT2D eigenvalue weighted by molar-refractivity contribution is 7.86. The summed E-state index contributed by atoms with van der Waals surface area (Å²) in [4.78, 5) is 13.3. The highest BCUT2D eigenvalue weighted by Crippen LogP contribution is 2.29. The van der Waals surface area contributed by atoms with E-state index < -0.39 is 10.2 Å². The lowest BCUT2D eigenvalue weighted by atomic mass is 9.99. The second-order valence-corrected chi connectivity index (χ2v) is 10.9. The maximum atomic E-state index is 13.3. The van der Waals surface area contributed by atoms with Crippen LogP contribution < -0.4 is 5.69 Å². The minimum atomic E-state index is -3.55. The Bertz CT molecular complexity index is 1280. The molecule has 0 aliphatic carbocycles. The highest BCUT2D eigenvalue weighted by Gasteiger charge is 2.34. The van der Waals surface area contributed by atoms with Gasteiger partial charge in [0.25, 0.3) is 10.2 Å². The van der Waals surface area contributed by atoms with Gasteiger partial charge in [0.1, 0.15) is 10.8 Å². The number of nitriles is 1. The van der Waals surface area contributed by atoms with Crippen LogP contribution in [0.25, 0.3) is 5.00 Å². The first-order valence-corrected chi connectivity index (χ1v) is 12.5. The molecular weight excluding hydrogens is 448 g/mol. The van der Waals surface area contributed by atoms with Gasteiger partial charge in [-0.1, -0.05) is 12.1 Å². The van der Waals surface area contributed by atoms with Crippen molar-refractivity contribution in [2.45, 2.75) is 25.3 Å². The van der Waals surface area contributed by atoms with Crippen LogP contribution in [0.3, 0.4) is 0 Å². The number of hydrogen-bond acceptors (Lipinski definition) is 6. The second kappa shape index (κ2) is 8.99. The van der Waals surface area contributed by atoms with Crippen molar-refractivity contribution in [3.8, 4) is 11.1 Å². The zero-order valence-electron chi connectivity index (χ0n) is 17.9. The zero-order valence-corrected chi connectivity index (χ0v) is 19.5. The van der Waals surface area contributed by atoms with E-state index in [1.165, 1.54) is 38.7 Å². The molecule has 1 saturated heterocycles. The van der Waals surface area contributed by atoms with Crippen molar-refractivity contribution in [3.63, 3.8) is 0 Å². The topological polar surface area (TPSA) is 104 Å². The zero-order chi connectivity index (χ0) is 22.9. The third-order valence-corrected chi connectivity index (χ3v) is 8.30. The number of hydrogen-bond donors (Lipinski definition) is 0. The molecule has 1 unspecified atom stereocenters. The molecule has 1 atom stereocenters. The van der Waals surface area contributed by atoms with Crippen LogP contribution in [0.4, 0.5) is 0 Å². The number of piperidine rings is 1. The van der Waals surface area contributed by atoms with E-state index in [1.807, 2.05) is 17.5 Å². The van der Waals surface area contributed by atoms with Crippen LogP contribution in [0.5, 0.6) is 0 Å². The number of rotatable bonds is 6. The fourth-order valence-corrected chi connectivity index (χ4v) is 5.77. The molecule has 0 N–H and O–H groups in total. The summed E-state index contributed by atoms with van der Waals surface area (Å²) in [5.74, 6) is 0.375. The molecule has 168 valence electrons. The molecule has 1 aliphatic rings. The van der Waals surface area contributed by atoms with Gasteiger partial charge < -0.3 is 0 Å². The van der Waals surface area contributed by atoms with Crippen LogP contribution in [0.15, 0.2) is 46.6 Å². The smallest absolute Gasteiger partial charge is 0.246 e. The van der Waals surface area contributed by atoms with Gasteiger partial charge in [0.2, 0.25) is 0 Å². The van der Waals surface area contributed by atoms with Crippen molar-refractivity contribution >= 4 is 21.5 Å². The van der Waals surface area contributed by atoms with Crippen LogP contribution >= 0.6 is 11.3 Å². The molecule has 32 heavy (non-hydrogen) atoms. The molecule has 0 saturated carbocycles. The Morgan fingerprint density at radius 3 is 2.62 bits per heavy atom. The molecule has 0 spiro atoms. The van der Waals surface area contributed by atoms with E-state index in [4.69, 9.17) is 5.26 Å². The Labute approximate surface area is 190 Å². The van der Waals surface area contributed by atoms with Crippen LogP contribution in [0.1, 0.15) is 35.7 Å². The van der Waals surface area contributed by atoms with Crippen molar-refractivity contribution < 1.29 is 8.42 Å². The van der Waals surface area contributed by atoms with Crippen molar-refractivity contribution in [3.05, 3.63) is 69.2 Å². The number of nitrogens with zero attached hydrogens (tertiary/aromatic N) is 6. The Hall–Kier alpha value is -2.78. The summed E-state index contributed by atoms with van der Waals surface area (Å²) in [5, 5.41) is 16.3. The van der Waals surface area contributed by atoms with Crippen molar-refractivity contribution in [1.82, 2.24) is 23.0 Å². The highest BCUT2D eigenvalue weighted by atomic mass is 32.2. The lowest BCUT2D eigenvalue weighted by Gasteiger charge is -2.32. The molecule has 1 aromatic carbocycles. The van der Waals surface area contributed by atoms with Crippen LogP contribution in [-0.4, -0.2) is 58.6 Å². The van der Waals surface area contributed by atoms with Crippen molar-refractivity contribution in [2.75, 3.05) is 27.2 Å². The molecule has 1 fully saturated rings. The van der Waals surface area contributed by atoms with Gasteiger partial charge in [0.05, 0.1) is 18.2 Å². The molecule has 3 heterocycles. The molecule has 0 radical (unpaired) electrons. The van der Waals surface area contributed by atoms with E-state index in [2.05, 4.69) is 11.2 Å². The Balaban J connectivity index is 1.72. The summed E-state index contributed by atoms with van der Waals surface area (Å²) in [6.07, 6.45) is 1.44. The van der Waals surface area contributed by atoms with E-state index in [0.29, 0.717) is 24.4 Å². The first-order valence-electron chi connectivity index (χ1n) is 10.2. The van der Waals surface area contributed by atoms with Crippen molar-refractivity contribution in [1.29, 1.82) is 5.26 Å². The number of benzene rings is 1. The molecule has 3 aromatic rings. The van der Waals surface area contributed by atoms with Crippen LogP contribution in [0, 0.1) is 11.3 Å². The molecule has 9 nitrogen and oxygen atoms in total. The quantitative estimate of drug-likeness (QED) is 0.546. The SMILES string of the molecule is CN(C)S(=O)(=O)N1CCCC(c2nn(Cc3ccc(C#N)cc3)c(=O)n2-c2cccs2)C1. The second-order valence-electron chi connectivity index (χ2n) is 7.88. The molecule has 0 bridgehead atoms. The largest absolute Gasteiger partial charge is 0.351 e. The fraction of sp³-hybridized carbons (Fsp3) is 0.381. The Morgan fingerprint density at radius 2 is 2.00 bits per heavy atom. The van der Waals surface area contributed by atoms with Gasteiger partial charge in [0, 0.05) is 33.1 Å². The average Bonchev–Trinajstić information content (AvgIpc) is 3.42. The lowest BCUT2D eigenvalue weighted by Crippen LogP contribution is -2.45. The number of aromatic nitrogens is 3. The Kier molecular flexibility index (Phi) is 6.30. The third kappa shape index (κ3) is 4.27. The van der Waals surface area contributed by atoms with Gasteiger partial charge in [0.15, 0.2) is 0 Å². The van der Waals surface area contributed by atoms with E-state index in [1.54, 1.807) is 28.8 Å². The first kappa shape index (κ1) is 22.4. The molecule has 0 amide bonds. The molecule has 1 aliphatic heterocycles. The van der Waals surface area contributed by atoms with E-state index in [0.717, 1.165) is 17.0 Å². The van der Waals surface area contributed by atoms with E-state index >= 15 is 0 Å². The lowest BCUT2D eigenvalue weighted by molar-refractivity contribution is 0.291. The van der Waals surface area contributed by atoms with E-state index in [9.17, 15) is 13.2 Å². The van der Waals surface area contributed by atoms with Crippen molar-refractivity contribution in [2.24, 2.45) is 0 Å². The summed E-state index contributed by atoms with van der Waals surface area (Å²) < 4.78 is 31.0. The molecular formula is C21H24N6O3S2. The minimum Gasteiger partial charge on any atom is -0.246 e. The maximum absolute atomic E-state index is 13.3. The standard InChI is InChI=1S/C21H24N6O3S2/c1-24(2)32(29,30)25-11-3-5-18(15-25)20-23-26(14-17-9-7-16(13-22)8-10-17)21(28)27(20)19-6-4-12-31-19/h4,6-10,12,18H,3,5,11,14-15H2,1-2H3. The summed E-state index contributed by atoms with van der Waals surface area (Å²) in [6, 6.07) is 12.9. The van der Waals surface area contributed by atoms with Gasteiger partial charge in [-0.05, 0) is 48.1 Å². The summed E-state index contributed by atoms with van der Waals surface area (Å²) >= 11 is 1.44. The predicted molar refractivity (Wildman–Crippen MR) is 122 cm³/mol. The summed E-state index contributed by atoms with van der Waals surface area (Å²) in [7, 11) is -0.504. The first-order chi connectivity index (χ1) is 15.3. The van der Waals surface area contributed by atoms with Gasteiger partial charge in [-0.3, -0.25) is 0 Å². The minimum absolute atomic E-state index is 0.199. The molecule has 11 heteroatoms. The summed E-state index contributed by atoms with van der Waals surface area (Å²) in [5.41, 5.74) is 1.14. The normalized spacial score (nSPS) is 17.5. The van der Waals surface area contributed by atoms with Crippen LogP contribution in [0.2, 0.25) is 0 Å².